The lowest BCUT2D eigenvalue weighted by molar-refractivity contribution is 0.438. The Balaban J connectivity index is 1.42. The molecule has 7 heteroatoms. The minimum atomic E-state index is -0.101. The van der Waals surface area contributed by atoms with Crippen LogP contribution in [0.3, 0.4) is 0 Å². The molecule has 2 saturated heterocycles. The van der Waals surface area contributed by atoms with E-state index < -0.39 is 0 Å². The van der Waals surface area contributed by atoms with Gasteiger partial charge in [-0.1, -0.05) is 36.7 Å². The van der Waals surface area contributed by atoms with Crippen molar-refractivity contribution in [2.24, 2.45) is 5.92 Å². The Morgan fingerprint density at radius 1 is 1.02 bits per heavy atom. The van der Waals surface area contributed by atoms with Gasteiger partial charge >= 0.3 is 0 Å². The second-order valence-electron chi connectivity index (χ2n) is 12.1. The summed E-state index contributed by atoms with van der Waals surface area (Å²) in [4.78, 5) is 11.7. The Morgan fingerprint density at radius 2 is 1.77 bits per heavy atom. The zero-order valence-corrected chi connectivity index (χ0v) is 25.6. The van der Waals surface area contributed by atoms with E-state index in [0.29, 0.717) is 5.11 Å². The van der Waals surface area contributed by atoms with Crippen molar-refractivity contribution in [2.45, 2.75) is 58.2 Å². The van der Waals surface area contributed by atoms with Crippen LogP contribution in [0.15, 0.2) is 66.9 Å². The molecule has 2 fully saturated rings. The highest BCUT2D eigenvalue weighted by Gasteiger charge is 2.41. The summed E-state index contributed by atoms with van der Waals surface area (Å²) in [6.45, 7) is 11.1. The van der Waals surface area contributed by atoms with Crippen molar-refractivity contribution in [3.63, 3.8) is 0 Å². The van der Waals surface area contributed by atoms with Gasteiger partial charge in [-0.05, 0) is 105 Å². The SMILES string of the molecule is CC1=CC(C)(C)N(C)c2ccc([C@@H]3[C@@H](c4ccccn4)NC(=S)N3c3ccc(N4CCC(C)CC4)c(Cl)c3)cc21. The van der Waals surface area contributed by atoms with Crippen LogP contribution in [0.2, 0.25) is 5.02 Å². The molecule has 3 aliphatic heterocycles. The molecule has 0 amide bonds. The second-order valence-corrected chi connectivity index (χ2v) is 12.9. The fraction of sp³-hybridized carbons (Fsp3) is 0.394. The number of hydrogen-bond donors (Lipinski definition) is 1. The topological polar surface area (TPSA) is 34.6 Å². The van der Waals surface area contributed by atoms with E-state index in [1.807, 2.05) is 18.3 Å². The van der Waals surface area contributed by atoms with Gasteiger partial charge < -0.3 is 20.0 Å². The quantitative estimate of drug-likeness (QED) is 0.322. The van der Waals surface area contributed by atoms with Gasteiger partial charge in [0.05, 0.1) is 34.0 Å². The Bertz CT molecular complexity index is 1460. The maximum atomic E-state index is 6.97. The summed E-state index contributed by atoms with van der Waals surface area (Å²) >= 11 is 13.0. The van der Waals surface area contributed by atoms with Gasteiger partial charge in [-0.15, -0.1) is 0 Å². The molecule has 2 aromatic carbocycles. The van der Waals surface area contributed by atoms with Crippen molar-refractivity contribution in [2.75, 3.05) is 34.8 Å². The number of anilines is 3. The Morgan fingerprint density at radius 3 is 2.48 bits per heavy atom. The number of nitrogens with one attached hydrogen (secondary N) is 1. The van der Waals surface area contributed by atoms with Gasteiger partial charge in [0.2, 0.25) is 0 Å². The van der Waals surface area contributed by atoms with Gasteiger partial charge in [-0.3, -0.25) is 4.98 Å². The molecule has 3 aliphatic rings. The predicted octanol–water partition coefficient (Wildman–Crippen LogP) is 7.78. The van der Waals surface area contributed by atoms with Crippen molar-refractivity contribution in [1.82, 2.24) is 10.3 Å². The Hall–Kier alpha value is -3.09. The summed E-state index contributed by atoms with van der Waals surface area (Å²) in [5.41, 5.74) is 7.99. The second kappa shape index (κ2) is 10.4. The third-order valence-corrected chi connectivity index (χ3v) is 9.63. The minimum Gasteiger partial charge on any atom is -0.370 e. The maximum absolute atomic E-state index is 6.97. The number of fused-ring (bicyclic) bond motifs is 1. The number of nitrogens with zero attached hydrogens (tertiary/aromatic N) is 4. The molecule has 1 aromatic heterocycles. The molecule has 2 atom stereocenters. The number of piperidine rings is 1. The number of benzene rings is 2. The van der Waals surface area contributed by atoms with Crippen LogP contribution >= 0.6 is 23.8 Å². The van der Waals surface area contributed by atoms with Gasteiger partial charge in [0, 0.05) is 43.3 Å². The summed E-state index contributed by atoms with van der Waals surface area (Å²) < 4.78 is 0. The standard InChI is InChI=1S/C33H38ClN5S/c1-21-13-16-38(17-14-21)29-12-10-24(19-26(29)34)39-31(30(36-32(39)40)27-8-6-7-15-35-27)23-9-11-28-25(18-23)22(2)20-33(3,4)37(28)5/h6-12,15,18-21,30-31H,13-14,16-17H2,1-5H3,(H,36,40)/t30-,31-/m1/s1. The smallest absolute Gasteiger partial charge is 0.174 e. The average molecular weight is 572 g/mol. The summed E-state index contributed by atoms with van der Waals surface area (Å²) in [6.07, 6.45) is 6.60. The molecule has 40 heavy (non-hydrogen) atoms. The molecule has 4 heterocycles. The molecular weight excluding hydrogens is 534 g/mol. The highest BCUT2D eigenvalue weighted by molar-refractivity contribution is 7.80. The van der Waals surface area contributed by atoms with Crippen molar-refractivity contribution < 1.29 is 0 Å². The Labute approximate surface area is 248 Å². The highest BCUT2D eigenvalue weighted by atomic mass is 35.5. The van der Waals surface area contributed by atoms with E-state index in [2.05, 4.69) is 103 Å². The normalized spacial score (nSPS) is 22.7. The zero-order valence-electron chi connectivity index (χ0n) is 24.0. The van der Waals surface area contributed by atoms with Gasteiger partial charge in [0.1, 0.15) is 0 Å². The molecule has 0 unspecified atom stereocenters. The van der Waals surface area contributed by atoms with E-state index in [0.717, 1.165) is 41.1 Å². The molecule has 0 spiro atoms. The van der Waals surface area contributed by atoms with E-state index in [1.54, 1.807) is 0 Å². The van der Waals surface area contributed by atoms with Crippen LogP contribution in [0.1, 0.15) is 69.4 Å². The van der Waals surface area contributed by atoms with Crippen molar-refractivity contribution in [1.29, 1.82) is 0 Å². The first kappa shape index (κ1) is 27.1. The summed E-state index contributed by atoms with van der Waals surface area (Å²) in [5.74, 6) is 0.771. The lowest BCUT2D eigenvalue weighted by Gasteiger charge is -2.41. The highest BCUT2D eigenvalue weighted by Crippen LogP contribution is 2.46. The first-order chi connectivity index (χ1) is 19.1. The maximum Gasteiger partial charge on any atom is 0.174 e. The van der Waals surface area contributed by atoms with Crippen molar-refractivity contribution >= 4 is 51.6 Å². The molecular formula is C33H38ClN5S. The number of thiocarbonyl (C=S) groups is 1. The van der Waals surface area contributed by atoms with Crippen molar-refractivity contribution in [3.05, 3.63) is 88.7 Å². The number of pyridine rings is 1. The van der Waals surface area contributed by atoms with Crippen LogP contribution in [0.5, 0.6) is 0 Å². The van der Waals surface area contributed by atoms with E-state index in [1.165, 1.54) is 35.2 Å². The fourth-order valence-electron chi connectivity index (χ4n) is 6.48. The molecule has 1 N–H and O–H groups in total. The average Bonchev–Trinajstić information content (AvgIpc) is 3.29. The molecule has 0 radical (unpaired) electrons. The van der Waals surface area contributed by atoms with E-state index in [9.17, 15) is 0 Å². The van der Waals surface area contributed by atoms with Gasteiger partial charge in [0.25, 0.3) is 0 Å². The molecule has 208 valence electrons. The van der Waals surface area contributed by atoms with Crippen molar-refractivity contribution in [3.8, 4) is 0 Å². The monoisotopic (exact) mass is 571 g/mol. The molecule has 0 bridgehead atoms. The third kappa shape index (κ3) is 4.75. The first-order valence-corrected chi connectivity index (χ1v) is 15.1. The lowest BCUT2D eigenvalue weighted by atomic mass is 9.86. The first-order valence-electron chi connectivity index (χ1n) is 14.3. The summed E-state index contributed by atoms with van der Waals surface area (Å²) in [6, 6.07) is 19.1. The predicted molar refractivity (Wildman–Crippen MR) is 173 cm³/mol. The van der Waals surface area contributed by atoms with Crippen LogP contribution in [0.4, 0.5) is 17.1 Å². The Kier molecular flexibility index (Phi) is 7.04. The van der Waals surface area contributed by atoms with Crippen LogP contribution in [-0.2, 0) is 0 Å². The fourth-order valence-corrected chi connectivity index (χ4v) is 7.12. The van der Waals surface area contributed by atoms with Gasteiger partial charge in [-0.25, -0.2) is 0 Å². The number of likely N-dealkylation sites (N-methyl/N-ethyl adjacent to an activating group) is 1. The summed E-state index contributed by atoms with van der Waals surface area (Å²) in [7, 11) is 2.17. The zero-order chi connectivity index (χ0) is 28.2. The van der Waals surface area contributed by atoms with E-state index >= 15 is 0 Å². The molecule has 0 aliphatic carbocycles. The van der Waals surface area contributed by atoms with E-state index in [-0.39, 0.29) is 17.6 Å². The third-order valence-electron chi connectivity index (χ3n) is 9.01. The van der Waals surface area contributed by atoms with Gasteiger partial charge in [-0.2, -0.15) is 0 Å². The number of aromatic nitrogens is 1. The molecule has 0 saturated carbocycles. The molecule has 6 rings (SSSR count). The van der Waals surface area contributed by atoms with Crippen LogP contribution in [0, 0.1) is 5.92 Å². The largest absolute Gasteiger partial charge is 0.370 e. The summed E-state index contributed by atoms with van der Waals surface area (Å²) in [5, 5.41) is 5.05. The van der Waals surface area contributed by atoms with Crippen LogP contribution in [-0.4, -0.2) is 35.8 Å². The molecule has 5 nitrogen and oxygen atoms in total. The number of hydrogen-bond acceptors (Lipinski definition) is 4. The number of allylic oxidation sites excluding steroid dienone is 1. The van der Waals surface area contributed by atoms with Gasteiger partial charge in [0.15, 0.2) is 5.11 Å². The molecule has 3 aromatic rings. The number of rotatable bonds is 4. The number of halogens is 1. The van der Waals surface area contributed by atoms with E-state index in [4.69, 9.17) is 28.8 Å². The minimum absolute atomic E-state index is 0.0392. The lowest BCUT2D eigenvalue weighted by Crippen LogP contribution is -2.42. The van der Waals surface area contributed by atoms with Crippen LogP contribution < -0.4 is 20.0 Å². The van der Waals surface area contributed by atoms with Crippen LogP contribution in [0.25, 0.3) is 5.57 Å².